The molecule has 7 heteroatoms. The molecule has 0 saturated heterocycles. The van der Waals surface area contributed by atoms with E-state index in [2.05, 4.69) is 16.0 Å². The van der Waals surface area contributed by atoms with Gasteiger partial charge < -0.3 is 20.7 Å². The van der Waals surface area contributed by atoms with Crippen molar-refractivity contribution in [2.75, 3.05) is 19.6 Å². The first-order valence-electron chi connectivity index (χ1n) is 10.7. The van der Waals surface area contributed by atoms with Crippen LogP contribution in [0.5, 0.6) is 0 Å². The van der Waals surface area contributed by atoms with Crippen molar-refractivity contribution in [1.82, 2.24) is 16.0 Å². The maximum Gasteiger partial charge on any atom is 0.407 e. The molecule has 4 fully saturated rings. The molecule has 0 aromatic carbocycles. The van der Waals surface area contributed by atoms with E-state index in [1.165, 1.54) is 19.3 Å². The first kappa shape index (κ1) is 20.9. The Morgan fingerprint density at radius 2 is 1.39 bits per heavy atom. The van der Waals surface area contributed by atoms with E-state index in [4.69, 9.17) is 4.74 Å². The zero-order valence-corrected chi connectivity index (χ0v) is 17.4. The van der Waals surface area contributed by atoms with Gasteiger partial charge in [0.1, 0.15) is 5.60 Å². The van der Waals surface area contributed by atoms with Gasteiger partial charge in [0, 0.05) is 31.5 Å². The van der Waals surface area contributed by atoms with Crippen molar-refractivity contribution in [2.45, 2.75) is 71.3 Å². The second-order valence-electron chi connectivity index (χ2n) is 9.98. The Morgan fingerprint density at radius 3 is 1.93 bits per heavy atom. The zero-order chi connectivity index (χ0) is 20.4. The molecule has 28 heavy (non-hydrogen) atoms. The molecule has 0 radical (unpaired) electrons. The van der Waals surface area contributed by atoms with Gasteiger partial charge in [-0.15, -0.1) is 0 Å². The lowest BCUT2D eigenvalue weighted by Gasteiger charge is -2.55. The molecule has 0 aliphatic heterocycles. The minimum absolute atomic E-state index is 0.143. The fraction of sp³-hybridized carbons (Fsp3) is 0.857. The summed E-state index contributed by atoms with van der Waals surface area (Å²) >= 11 is 0. The lowest BCUT2D eigenvalue weighted by atomic mass is 9.49. The van der Waals surface area contributed by atoms with Crippen LogP contribution in [0, 0.1) is 23.2 Å². The van der Waals surface area contributed by atoms with E-state index in [1.807, 2.05) is 0 Å². The second kappa shape index (κ2) is 8.29. The number of amides is 3. The van der Waals surface area contributed by atoms with E-state index in [-0.39, 0.29) is 30.2 Å². The van der Waals surface area contributed by atoms with Crippen molar-refractivity contribution in [3.8, 4) is 0 Å². The van der Waals surface area contributed by atoms with Crippen molar-refractivity contribution in [3.63, 3.8) is 0 Å². The van der Waals surface area contributed by atoms with Crippen LogP contribution in [0.3, 0.4) is 0 Å². The topological polar surface area (TPSA) is 96.5 Å². The van der Waals surface area contributed by atoms with Crippen LogP contribution in [0.15, 0.2) is 0 Å². The highest BCUT2D eigenvalue weighted by Crippen LogP contribution is 2.60. The Morgan fingerprint density at radius 1 is 0.857 bits per heavy atom. The number of rotatable bonds is 7. The number of carbonyl (C=O) groups is 3. The zero-order valence-electron chi connectivity index (χ0n) is 17.4. The van der Waals surface area contributed by atoms with E-state index in [0.717, 1.165) is 37.0 Å². The Kier molecular flexibility index (Phi) is 6.20. The molecule has 0 aromatic heterocycles. The molecule has 4 aliphatic carbocycles. The van der Waals surface area contributed by atoms with E-state index in [0.29, 0.717) is 13.1 Å². The third kappa shape index (κ3) is 5.39. The Bertz CT molecular complexity index is 576. The molecule has 0 atom stereocenters. The summed E-state index contributed by atoms with van der Waals surface area (Å²) in [5.41, 5.74) is -0.697. The van der Waals surface area contributed by atoms with E-state index >= 15 is 0 Å². The summed E-state index contributed by atoms with van der Waals surface area (Å²) in [5, 5.41) is 8.40. The molecular weight excluding hydrogens is 358 g/mol. The molecule has 0 aromatic rings. The molecule has 0 unspecified atom stereocenters. The van der Waals surface area contributed by atoms with Gasteiger partial charge in [-0.1, -0.05) is 0 Å². The summed E-state index contributed by atoms with van der Waals surface area (Å²) in [5.74, 6) is 2.27. The van der Waals surface area contributed by atoms with Gasteiger partial charge in [0.2, 0.25) is 11.8 Å². The minimum atomic E-state index is -0.554. The van der Waals surface area contributed by atoms with Crippen molar-refractivity contribution >= 4 is 17.9 Å². The molecule has 3 N–H and O–H groups in total. The maximum atomic E-state index is 12.8. The normalized spacial score (nSPS) is 30.6. The van der Waals surface area contributed by atoms with Crippen LogP contribution >= 0.6 is 0 Å². The maximum absolute atomic E-state index is 12.8. The number of hydrogen-bond acceptors (Lipinski definition) is 4. The fourth-order valence-corrected chi connectivity index (χ4v) is 5.63. The van der Waals surface area contributed by atoms with Gasteiger partial charge in [0.25, 0.3) is 0 Å². The van der Waals surface area contributed by atoms with E-state index < -0.39 is 11.7 Å². The second-order valence-corrected chi connectivity index (χ2v) is 9.98. The highest BCUT2D eigenvalue weighted by Gasteiger charge is 2.54. The van der Waals surface area contributed by atoms with Crippen LogP contribution in [0.25, 0.3) is 0 Å². The number of nitrogens with one attached hydrogen (secondary N) is 3. The Labute approximate surface area is 167 Å². The number of carbonyl (C=O) groups excluding carboxylic acids is 3. The van der Waals surface area contributed by atoms with Crippen LogP contribution in [0.2, 0.25) is 0 Å². The third-order valence-corrected chi connectivity index (χ3v) is 6.27. The summed E-state index contributed by atoms with van der Waals surface area (Å²) in [7, 11) is 0. The average molecular weight is 394 g/mol. The smallest absolute Gasteiger partial charge is 0.407 e. The van der Waals surface area contributed by atoms with Crippen LogP contribution in [0.4, 0.5) is 4.79 Å². The van der Waals surface area contributed by atoms with Gasteiger partial charge >= 0.3 is 6.09 Å². The molecule has 0 spiro atoms. The number of ether oxygens (including phenoxy) is 1. The highest BCUT2D eigenvalue weighted by atomic mass is 16.6. The standard InChI is InChI=1S/C21H35N3O4/c1-20(2,3)28-19(27)24-5-4-17(25)22-6-7-23-18(26)21-11-14-8-15(12-21)10-16(9-14)13-21/h14-16H,4-13H2,1-3H3,(H,22,25)(H,23,26)(H,24,27). The summed E-state index contributed by atoms with van der Waals surface area (Å²) in [6, 6.07) is 0. The molecule has 4 saturated carbocycles. The van der Waals surface area contributed by atoms with Gasteiger partial charge in [-0.2, -0.15) is 0 Å². The SMILES string of the molecule is CC(C)(C)OC(=O)NCCC(=O)NCCNC(=O)C12CC3CC(CC(C3)C1)C2. The van der Waals surface area contributed by atoms with Crippen molar-refractivity contribution < 1.29 is 19.1 Å². The molecule has 0 heterocycles. The Balaban J connectivity index is 1.29. The molecule has 3 amide bonds. The average Bonchev–Trinajstić information content (AvgIpc) is 2.55. The van der Waals surface area contributed by atoms with Gasteiger partial charge in [-0.3, -0.25) is 9.59 Å². The summed E-state index contributed by atoms with van der Waals surface area (Å²) in [6.45, 7) is 6.44. The van der Waals surface area contributed by atoms with Crippen molar-refractivity contribution in [3.05, 3.63) is 0 Å². The molecule has 4 aliphatic rings. The van der Waals surface area contributed by atoms with Crippen molar-refractivity contribution in [1.29, 1.82) is 0 Å². The van der Waals surface area contributed by atoms with Crippen molar-refractivity contribution in [2.24, 2.45) is 23.2 Å². The van der Waals surface area contributed by atoms with Crippen LogP contribution in [-0.4, -0.2) is 43.1 Å². The van der Waals surface area contributed by atoms with E-state index in [1.54, 1.807) is 20.8 Å². The van der Waals surface area contributed by atoms with Crippen LogP contribution < -0.4 is 16.0 Å². The summed E-state index contributed by atoms with van der Waals surface area (Å²) < 4.78 is 5.12. The minimum Gasteiger partial charge on any atom is -0.444 e. The fourth-order valence-electron chi connectivity index (χ4n) is 5.63. The van der Waals surface area contributed by atoms with Crippen LogP contribution in [0.1, 0.15) is 65.7 Å². The monoisotopic (exact) mass is 393 g/mol. The molecular formula is C21H35N3O4. The molecule has 7 nitrogen and oxygen atoms in total. The number of hydrogen-bond donors (Lipinski definition) is 3. The summed E-state index contributed by atoms with van der Waals surface area (Å²) in [6.07, 6.45) is 6.76. The van der Waals surface area contributed by atoms with Gasteiger partial charge in [-0.25, -0.2) is 4.79 Å². The van der Waals surface area contributed by atoms with Gasteiger partial charge in [0.05, 0.1) is 0 Å². The lowest BCUT2D eigenvalue weighted by molar-refractivity contribution is -0.146. The first-order chi connectivity index (χ1) is 13.2. The molecule has 4 bridgehead atoms. The largest absolute Gasteiger partial charge is 0.444 e. The Hall–Kier alpha value is -1.79. The van der Waals surface area contributed by atoms with Gasteiger partial charge in [0.15, 0.2) is 0 Å². The van der Waals surface area contributed by atoms with Crippen LogP contribution in [-0.2, 0) is 14.3 Å². The quantitative estimate of drug-likeness (QED) is 0.579. The predicted octanol–water partition coefficient (Wildman–Crippen LogP) is 2.35. The highest BCUT2D eigenvalue weighted by molar-refractivity contribution is 5.83. The first-order valence-corrected chi connectivity index (χ1v) is 10.7. The molecule has 4 rings (SSSR count). The van der Waals surface area contributed by atoms with E-state index in [9.17, 15) is 14.4 Å². The van der Waals surface area contributed by atoms with Gasteiger partial charge in [-0.05, 0) is 77.0 Å². The summed E-state index contributed by atoms with van der Waals surface area (Å²) in [4.78, 5) is 36.2. The number of alkyl carbamates (subject to hydrolysis) is 1. The predicted molar refractivity (Wildman–Crippen MR) is 105 cm³/mol. The molecule has 158 valence electrons. The third-order valence-electron chi connectivity index (χ3n) is 6.27. The lowest BCUT2D eigenvalue weighted by Crippen LogP contribution is -2.54.